The molecule has 5 nitrogen and oxygen atoms in total. The summed E-state index contributed by atoms with van der Waals surface area (Å²) in [5.74, 6) is 0.382. The Labute approximate surface area is 144 Å². The Balaban J connectivity index is 1.75. The van der Waals surface area contributed by atoms with Crippen LogP contribution in [-0.2, 0) is 16.0 Å². The Kier molecular flexibility index (Phi) is 6.97. The van der Waals surface area contributed by atoms with Crippen LogP contribution in [0.3, 0.4) is 0 Å². The van der Waals surface area contributed by atoms with Gasteiger partial charge in [0.25, 0.3) is 0 Å². The summed E-state index contributed by atoms with van der Waals surface area (Å²) in [6.07, 6.45) is 9.24. The van der Waals surface area contributed by atoms with E-state index in [2.05, 4.69) is 16.9 Å². The van der Waals surface area contributed by atoms with E-state index in [1.54, 1.807) is 18.5 Å². The Morgan fingerprint density at radius 1 is 1.25 bits per heavy atom. The van der Waals surface area contributed by atoms with E-state index in [0.29, 0.717) is 13.1 Å². The van der Waals surface area contributed by atoms with Crippen molar-refractivity contribution < 1.29 is 9.59 Å². The summed E-state index contributed by atoms with van der Waals surface area (Å²) in [5.41, 5.74) is 1.19. The fraction of sp³-hybridized carbons (Fsp3) is 0.526. The molecule has 0 spiro atoms. The number of pyridine rings is 1. The third kappa shape index (κ3) is 5.18. The monoisotopic (exact) mass is 329 g/mol. The van der Waals surface area contributed by atoms with Gasteiger partial charge in [-0.15, -0.1) is 6.58 Å². The second kappa shape index (κ2) is 9.21. The molecular weight excluding hydrogens is 302 g/mol. The minimum absolute atomic E-state index is 0.0381. The average Bonchev–Trinajstić information content (AvgIpc) is 2.64. The molecule has 1 heterocycles. The van der Waals surface area contributed by atoms with Crippen molar-refractivity contribution in [2.75, 3.05) is 20.1 Å². The lowest BCUT2D eigenvalue weighted by molar-refractivity contribution is -0.137. The molecule has 1 aliphatic carbocycles. The third-order valence-corrected chi connectivity index (χ3v) is 4.73. The number of rotatable bonds is 7. The lowest BCUT2D eigenvalue weighted by atomic mass is 9.81. The zero-order valence-electron chi connectivity index (χ0n) is 14.4. The molecule has 1 saturated carbocycles. The first-order valence-corrected chi connectivity index (χ1v) is 8.64. The predicted octanol–water partition coefficient (Wildman–Crippen LogP) is 2.19. The van der Waals surface area contributed by atoms with Gasteiger partial charge < -0.3 is 10.2 Å². The molecule has 0 aliphatic heterocycles. The Hall–Kier alpha value is -2.17. The lowest BCUT2D eigenvalue weighted by Gasteiger charge is -2.30. The standard InChI is InChI=1S/C19H27N3O2/c1-3-11-21-18(23)16-4-6-17(7-5-16)19(24)22(2)14-10-15-8-12-20-13-9-15/h3,8-9,12-13,16-17H,1,4-7,10-11,14H2,2H3,(H,21,23). The zero-order chi connectivity index (χ0) is 17.4. The van der Waals surface area contributed by atoms with E-state index in [1.807, 2.05) is 24.1 Å². The number of aromatic nitrogens is 1. The number of carbonyl (C=O) groups is 2. The third-order valence-electron chi connectivity index (χ3n) is 4.73. The highest BCUT2D eigenvalue weighted by molar-refractivity contribution is 5.81. The van der Waals surface area contributed by atoms with Gasteiger partial charge in [-0.3, -0.25) is 14.6 Å². The van der Waals surface area contributed by atoms with Gasteiger partial charge in [0, 0.05) is 44.4 Å². The normalized spacial score (nSPS) is 20.2. The summed E-state index contributed by atoms with van der Waals surface area (Å²) in [4.78, 5) is 30.4. The predicted molar refractivity (Wildman–Crippen MR) is 94.2 cm³/mol. The molecule has 0 radical (unpaired) electrons. The van der Waals surface area contributed by atoms with Gasteiger partial charge in [0.15, 0.2) is 0 Å². The highest BCUT2D eigenvalue weighted by Crippen LogP contribution is 2.30. The fourth-order valence-corrected chi connectivity index (χ4v) is 3.19. The molecule has 1 aromatic heterocycles. The largest absolute Gasteiger partial charge is 0.352 e. The summed E-state index contributed by atoms with van der Waals surface area (Å²) in [6, 6.07) is 3.96. The van der Waals surface area contributed by atoms with Gasteiger partial charge in [0.2, 0.25) is 11.8 Å². The van der Waals surface area contributed by atoms with E-state index >= 15 is 0 Å². The number of likely N-dealkylation sites (N-methyl/N-ethyl adjacent to an activating group) is 1. The zero-order valence-corrected chi connectivity index (χ0v) is 14.4. The molecule has 1 aromatic rings. The topological polar surface area (TPSA) is 62.3 Å². The molecule has 1 N–H and O–H groups in total. The van der Waals surface area contributed by atoms with Crippen molar-refractivity contribution in [2.24, 2.45) is 11.8 Å². The molecule has 130 valence electrons. The quantitative estimate of drug-likeness (QED) is 0.780. The first kappa shape index (κ1) is 18.2. The van der Waals surface area contributed by atoms with Crippen LogP contribution in [0.1, 0.15) is 31.2 Å². The molecule has 0 saturated heterocycles. The van der Waals surface area contributed by atoms with Crippen LogP contribution >= 0.6 is 0 Å². The second-order valence-electron chi connectivity index (χ2n) is 6.45. The van der Waals surface area contributed by atoms with Gasteiger partial charge in [-0.1, -0.05) is 6.08 Å². The minimum Gasteiger partial charge on any atom is -0.352 e. The van der Waals surface area contributed by atoms with Crippen molar-refractivity contribution in [3.63, 3.8) is 0 Å². The van der Waals surface area contributed by atoms with Crippen LogP contribution in [0.2, 0.25) is 0 Å². The summed E-state index contributed by atoms with van der Waals surface area (Å²) in [6.45, 7) is 4.82. The van der Waals surface area contributed by atoms with E-state index in [9.17, 15) is 9.59 Å². The molecule has 0 atom stereocenters. The molecule has 24 heavy (non-hydrogen) atoms. The first-order valence-electron chi connectivity index (χ1n) is 8.64. The minimum atomic E-state index is 0.0381. The van der Waals surface area contributed by atoms with E-state index in [0.717, 1.165) is 32.1 Å². The maximum absolute atomic E-state index is 12.6. The molecule has 2 rings (SSSR count). The van der Waals surface area contributed by atoms with Gasteiger partial charge in [-0.25, -0.2) is 0 Å². The van der Waals surface area contributed by atoms with Gasteiger partial charge in [-0.2, -0.15) is 0 Å². The molecule has 5 heteroatoms. The molecule has 0 unspecified atom stereocenters. The van der Waals surface area contributed by atoms with Crippen LogP contribution in [0.5, 0.6) is 0 Å². The first-order chi connectivity index (χ1) is 11.6. The second-order valence-corrected chi connectivity index (χ2v) is 6.45. The van der Waals surface area contributed by atoms with Crippen LogP contribution < -0.4 is 5.32 Å². The number of nitrogens with zero attached hydrogens (tertiary/aromatic N) is 2. The van der Waals surface area contributed by atoms with Crippen molar-refractivity contribution in [3.8, 4) is 0 Å². The molecule has 0 aromatic carbocycles. The van der Waals surface area contributed by atoms with Crippen LogP contribution in [0.15, 0.2) is 37.2 Å². The lowest BCUT2D eigenvalue weighted by Crippen LogP contribution is -2.39. The van der Waals surface area contributed by atoms with Crippen molar-refractivity contribution in [3.05, 3.63) is 42.7 Å². The fourth-order valence-electron chi connectivity index (χ4n) is 3.19. The summed E-state index contributed by atoms with van der Waals surface area (Å²) < 4.78 is 0. The van der Waals surface area contributed by atoms with Crippen LogP contribution in [0, 0.1) is 11.8 Å². The SMILES string of the molecule is C=CCNC(=O)C1CCC(C(=O)N(C)CCc2ccncc2)CC1. The number of amides is 2. The summed E-state index contributed by atoms with van der Waals surface area (Å²) >= 11 is 0. The van der Waals surface area contributed by atoms with Gasteiger partial charge >= 0.3 is 0 Å². The van der Waals surface area contributed by atoms with Crippen molar-refractivity contribution >= 4 is 11.8 Å². The Bertz CT molecular complexity index is 551. The average molecular weight is 329 g/mol. The highest BCUT2D eigenvalue weighted by atomic mass is 16.2. The van der Waals surface area contributed by atoms with E-state index < -0.39 is 0 Å². The Morgan fingerprint density at radius 2 is 1.88 bits per heavy atom. The van der Waals surface area contributed by atoms with Crippen LogP contribution in [0.4, 0.5) is 0 Å². The smallest absolute Gasteiger partial charge is 0.225 e. The summed E-state index contributed by atoms with van der Waals surface area (Å²) in [5, 5.41) is 2.85. The maximum Gasteiger partial charge on any atom is 0.225 e. The van der Waals surface area contributed by atoms with Crippen molar-refractivity contribution in [2.45, 2.75) is 32.1 Å². The maximum atomic E-state index is 12.6. The van der Waals surface area contributed by atoms with Crippen LogP contribution in [0.25, 0.3) is 0 Å². The Morgan fingerprint density at radius 3 is 2.50 bits per heavy atom. The van der Waals surface area contributed by atoms with Gasteiger partial charge in [0.05, 0.1) is 0 Å². The summed E-state index contributed by atoms with van der Waals surface area (Å²) in [7, 11) is 1.87. The van der Waals surface area contributed by atoms with Gasteiger partial charge in [-0.05, 0) is 49.8 Å². The highest BCUT2D eigenvalue weighted by Gasteiger charge is 2.30. The van der Waals surface area contributed by atoms with Gasteiger partial charge in [0.1, 0.15) is 0 Å². The molecule has 1 aliphatic rings. The van der Waals surface area contributed by atoms with Crippen molar-refractivity contribution in [1.29, 1.82) is 0 Å². The molecule has 0 bridgehead atoms. The molecule has 2 amide bonds. The molecule has 1 fully saturated rings. The number of hydrogen-bond acceptors (Lipinski definition) is 3. The number of carbonyl (C=O) groups excluding carboxylic acids is 2. The van der Waals surface area contributed by atoms with E-state index in [-0.39, 0.29) is 23.7 Å². The molecular formula is C19H27N3O2. The van der Waals surface area contributed by atoms with Crippen LogP contribution in [-0.4, -0.2) is 41.8 Å². The van der Waals surface area contributed by atoms with E-state index in [4.69, 9.17) is 0 Å². The van der Waals surface area contributed by atoms with Crippen molar-refractivity contribution in [1.82, 2.24) is 15.2 Å². The number of hydrogen-bond donors (Lipinski definition) is 1. The van der Waals surface area contributed by atoms with E-state index in [1.165, 1.54) is 5.56 Å². The number of nitrogens with one attached hydrogen (secondary N) is 1.